The van der Waals surface area contributed by atoms with Crippen molar-refractivity contribution < 1.29 is 14.3 Å². The third kappa shape index (κ3) is 4.02. The number of nitrogens with zero attached hydrogens (tertiary/aromatic N) is 2. The summed E-state index contributed by atoms with van der Waals surface area (Å²) in [6.45, 7) is 1.85. The molecular formula is C13H13IN2O3. The quantitative estimate of drug-likeness (QED) is 0.817. The van der Waals surface area contributed by atoms with Gasteiger partial charge in [-0.05, 0) is 52.8 Å². The number of carbonyl (C=O) groups is 1. The Morgan fingerprint density at radius 2 is 2.05 bits per heavy atom. The van der Waals surface area contributed by atoms with Crippen molar-refractivity contribution in [3.8, 4) is 11.5 Å². The molecular weight excluding hydrogens is 359 g/mol. The van der Waals surface area contributed by atoms with E-state index < -0.39 is 5.97 Å². The molecule has 1 heterocycles. The van der Waals surface area contributed by atoms with E-state index >= 15 is 0 Å². The van der Waals surface area contributed by atoms with Crippen molar-refractivity contribution in [3.63, 3.8) is 0 Å². The van der Waals surface area contributed by atoms with Crippen LogP contribution in [0.5, 0.6) is 0 Å². The fraction of sp³-hybridized carbons (Fsp3) is 0.308. The molecule has 1 aromatic heterocycles. The Bertz CT molecular complexity index is 566. The van der Waals surface area contributed by atoms with Crippen LogP contribution in [0.15, 0.2) is 28.7 Å². The van der Waals surface area contributed by atoms with Gasteiger partial charge in [0.05, 0.1) is 0 Å². The highest BCUT2D eigenvalue weighted by Gasteiger charge is 2.14. The molecule has 0 fully saturated rings. The molecule has 0 aliphatic rings. The molecule has 0 spiro atoms. The minimum Gasteiger partial charge on any atom is -0.481 e. The largest absolute Gasteiger partial charge is 0.481 e. The minimum atomic E-state index is -0.815. The third-order valence-electron chi connectivity index (χ3n) is 2.60. The number of hydrogen-bond donors (Lipinski definition) is 1. The molecule has 0 saturated carbocycles. The van der Waals surface area contributed by atoms with Crippen LogP contribution in [0.1, 0.15) is 19.2 Å². The second-order valence-electron chi connectivity index (χ2n) is 4.42. The summed E-state index contributed by atoms with van der Waals surface area (Å²) in [6.07, 6.45) is 0.574. The first-order valence-corrected chi connectivity index (χ1v) is 6.92. The zero-order valence-electron chi connectivity index (χ0n) is 10.3. The van der Waals surface area contributed by atoms with Crippen molar-refractivity contribution >= 4 is 28.6 Å². The molecule has 19 heavy (non-hydrogen) atoms. The van der Waals surface area contributed by atoms with Crippen molar-refractivity contribution in [2.24, 2.45) is 5.92 Å². The third-order valence-corrected chi connectivity index (χ3v) is 3.32. The molecule has 0 aliphatic carbocycles. The van der Waals surface area contributed by atoms with Crippen molar-refractivity contribution in [1.29, 1.82) is 0 Å². The first-order chi connectivity index (χ1) is 9.04. The van der Waals surface area contributed by atoms with E-state index in [1.54, 1.807) is 0 Å². The van der Waals surface area contributed by atoms with Gasteiger partial charge in [0.1, 0.15) is 0 Å². The topological polar surface area (TPSA) is 76.2 Å². The van der Waals surface area contributed by atoms with Gasteiger partial charge in [-0.15, -0.1) is 10.2 Å². The predicted octanol–water partition coefficient (Wildman–Crippen LogP) is 2.99. The first kappa shape index (κ1) is 14.0. The fourth-order valence-electron chi connectivity index (χ4n) is 1.71. The standard InChI is InChI=1S/C13H13IN2O3/c1-8(7-12(17)18)6-11-15-16-13(19-11)9-2-4-10(14)5-3-9/h2-5,8H,6-7H2,1H3,(H,17,18). The molecule has 1 N–H and O–H groups in total. The van der Waals surface area contributed by atoms with Crippen LogP contribution in [0.4, 0.5) is 0 Å². The Kier molecular flexibility index (Phi) is 4.52. The first-order valence-electron chi connectivity index (χ1n) is 5.84. The smallest absolute Gasteiger partial charge is 0.303 e. The Hall–Kier alpha value is -1.44. The highest BCUT2D eigenvalue weighted by molar-refractivity contribution is 14.1. The molecule has 5 nitrogen and oxygen atoms in total. The van der Waals surface area contributed by atoms with Gasteiger partial charge in [-0.3, -0.25) is 4.79 Å². The van der Waals surface area contributed by atoms with E-state index in [-0.39, 0.29) is 12.3 Å². The van der Waals surface area contributed by atoms with Crippen LogP contribution in [0.3, 0.4) is 0 Å². The monoisotopic (exact) mass is 372 g/mol. The maximum atomic E-state index is 10.6. The van der Waals surface area contributed by atoms with Crippen molar-refractivity contribution in [2.45, 2.75) is 19.8 Å². The zero-order valence-corrected chi connectivity index (χ0v) is 12.5. The molecule has 0 aliphatic heterocycles. The molecule has 0 bridgehead atoms. The molecule has 0 radical (unpaired) electrons. The number of carboxylic acid groups (broad SMARTS) is 1. The molecule has 0 amide bonds. The van der Waals surface area contributed by atoms with Crippen molar-refractivity contribution in [2.75, 3.05) is 0 Å². The molecule has 0 saturated heterocycles. The van der Waals surface area contributed by atoms with E-state index in [1.165, 1.54) is 0 Å². The van der Waals surface area contributed by atoms with Gasteiger partial charge < -0.3 is 9.52 Å². The minimum absolute atomic E-state index is 0.0254. The van der Waals surface area contributed by atoms with Crippen molar-refractivity contribution in [1.82, 2.24) is 10.2 Å². The lowest BCUT2D eigenvalue weighted by Crippen LogP contribution is -2.07. The molecule has 2 aromatic rings. The predicted molar refractivity (Wildman–Crippen MR) is 77.6 cm³/mol. The number of aliphatic carboxylic acids is 1. The van der Waals surface area contributed by atoms with E-state index in [4.69, 9.17) is 9.52 Å². The maximum absolute atomic E-state index is 10.6. The van der Waals surface area contributed by atoms with Crippen LogP contribution in [-0.4, -0.2) is 21.3 Å². The Balaban J connectivity index is 2.06. The van der Waals surface area contributed by atoms with Crippen molar-refractivity contribution in [3.05, 3.63) is 33.7 Å². The highest BCUT2D eigenvalue weighted by Crippen LogP contribution is 2.20. The maximum Gasteiger partial charge on any atom is 0.303 e. The Morgan fingerprint density at radius 1 is 1.37 bits per heavy atom. The van der Waals surface area contributed by atoms with Gasteiger partial charge in [-0.1, -0.05) is 6.92 Å². The lowest BCUT2D eigenvalue weighted by atomic mass is 10.0. The van der Waals surface area contributed by atoms with Crippen LogP contribution in [0.2, 0.25) is 0 Å². The average molecular weight is 372 g/mol. The van der Waals surface area contributed by atoms with Gasteiger partial charge in [-0.25, -0.2) is 0 Å². The van der Waals surface area contributed by atoms with Crippen LogP contribution in [0.25, 0.3) is 11.5 Å². The lowest BCUT2D eigenvalue weighted by molar-refractivity contribution is -0.137. The summed E-state index contributed by atoms with van der Waals surface area (Å²) in [5.41, 5.74) is 0.866. The number of hydrogen-bond acceptors (Lipinski definition) is 4. The van der Waals surface area contributed by atoms with Gasteiger partial charge in [-0.2, -0.15) is 0 Å². The molecule has 100 valence electrons. The zero-order chi connectivity index (χ0) is 13.8. The van der Waals surface area contributed by atoms with E-state index in [2.05, 4.69) is 32.8 Å². The summed E-state index contributed by atoms with van der Waals surface area (Å²) in [5, 5.41) is 16.6. The second-order valence-corrected chi connectivity index (χ2v) is 5.66. The average Bonchev–Trinajstić information content (AvgIpc) is 2.77. The summed E-state index contributed by atoms with van der Waals surface area (Å²) in [5.74, 6) is 0.101. The van der Waals surface area contributed by atoms with E-state index in [0.717, 1.165) is 9.13 Å². The molecule has 1 atom stereocenters. The van der Waals surface area contributed by atoms with Crippen LogP contribution in [0, 0.1) is 9.49 Å². The van der Waals surface area contributed by atoms with Gasteiger partial charge in [0.2, 0.25) is 11.8 Å². The summed E-state index contributed by atoms with van der Waals surface area (Å²) in [6, 6.07) is 7.76. The normalized spacial score (nSPS) is 12.3. The van der Waals surface area contributed by atoms with Gasteiger partial charge in [0.25, 0.3) is 0 Å². The summed E-state index contributed by atoms with van der Waals surface area (Å²) in [7, 11) is 0. The molecule has 2 rings (SSSR count). The second kappa shape index (κ2) is 6.14. The van der Waals surface area contributed by atoms with Crippen LogP contribution in [-0.2, 0) is 11.2 Å². The van der Waals surface area contributed by atoms with Gasteiger partial charge >= 0.3 is 5.97 Å². The molecule has 1 unspecified atom stereocenters. The van der Waals surface area contributed by atoms with Gasteiger partial charge in [0.15, 0.2) is 0 Å². The number of rotatable bonds is 5. The van der Waals surface area contributed by atoms with E-state index in [1.807, 2.05) is 31.2 Å². The summed E-state index contributed by atoms with van der Waals surface area (Å²) < 4.78 is 6.68. The summed E-state index contributed by atoms with van der Waals surface area (Å²) in [4.78, 5) is 10.6. The number of benzene rings is 1. The van der Waals surface area contributed by atoms with Crippen LogP contribution >= 0.6 is 22.6 Å². The highest BCUT2D eigenvalue weighted by atomic mass is 127. The van der Waals surface area contributed by atoms with Gasteiger partial charge in [0, 0.05) is 22.0 Å². The lowest BCUT2D eigenvalue weighted by Gasteiger charge is -2.03. The fourth-order valence-corrected chi connectivity index (χ4v) is 2.07. The number of aromatic nitrogens is 2. The van der Waals surface area contributed by atoms with Crippen LogP contribution < -0.4 is 0 Å². The Morgan fingerprint density at radius 3 is 2.68 bits per heavy atom. The molecule has 1 aromatic carbocycles. The molecule has 6 heteroatoms. The Labute approximate surface area is 124 Å². The van der Waals surface area contributed by atoms with E-state index in [0.29, 0.717) is 18.2 Å². The van der Waals surface area contributed by atoms with E-state index in [9.17, 15) is 4.79 Å². The number of halogens is 1. The SMILES string of the molecule is CC(CC(=O)O)Cc1nnc(-c2ccc(I)cc2)o1. The summed E-state index contributed by atoms with van der Waals surface area (Å²) >= 11 is 2.23. The number of carboxylic acids is 1.